The molecule has 0 aromatic rings. The van der Waals surface area contributed by atoms with Crippen molar-refractivity contribution < 1.29 is 19.1 Å². The average Bonchev–Trinajstić information content (AvgIpc) is 3.06. The number of Topliss-reactive ketones (excluding diaryl/α,β-unsaturated/α-hetero) is 1. The molecule has 0 radical (unpaired) electrons. The molecule has 0 bridgehead atoms. The Labute approximate surface area is 187 Å². The molecule has 3 saturated carbocycles. The molecule has 4 nitrogen and oxygen atoms in total. The monoisotopic (exact) mass is 428 g/mol. The van der Waals surface area contributed by atoms with E-state index in [-0.39, 0.29) is 28.7 Å². The highest BCUT2D eigenvalue weighted by molar-refractivity contribution is 5.97. The lowest BCUT2D eigenvalue weighted by molar-refractivity contribution is -0.151. The van der Waals surface area contributed by atoms with E-state index in [2.05, 4.69) is 26.8 Å². The number of fused-ring (bicyclic) bond motifs is 5. The lowest BCUT2D eigenvalue weighted by atomic mass is 9.48. The van der Waals surface area contributed by atoms with Crippen LogP contribution in [0, 0.1) is 40.4 Å². The highest BCUT2D eigenvalue weighted by Gasteiger charge is 2.61. The van der Waals surface area contributed by atoms with Crippen LogP contribution in [-0.2, 0) is 19.1 Å². The topological polar surface area (TPSA) is 60.4 Å². The van der Waals surface area contributed by atoms with E-state index in [0.717, 1.165) is 44.9 Å². The molecule has 0 aromatic carbocycles. The van der Waals surface area contributed by atoms with E-state index < -0.39 is 0 Å². The number of hydrogen-bond acceptors (Lipinski definition) is 4. The van der Waals surface area contributed by atoms with Gasteiger partial charge in [0.15, 0.2) is 5.78 Å². The van der Waals surface area contributed by atoms with Crippen molar-refractivity contribution in [1.82, 2.24) is 0 Å². The molecular formula is C27H40O4. The van der Waals surface area contributed by atoms with Crippen molar-refractivity contribution in [1.29, 1.82) is 0 Å². The SMILES string of the molecule is CC(=O)CCC(C)C1CCC2C3CCC4CC(OC(C)=O)CCC4(C)C3=CC(=O)C12C. The maximum atomic E-state index is 13.7. The Hall–Kier alpha value is -1.45. The van der Waals surface area contributed by atoms with Gasteiger partial charge < -0.3 is 9.53 Å². The molecule has 3 fully saturated rings. The van der Waals surface area contributed by atoms with Gasteiger partial charge in [0.2, 0.25) is 0 Å². The fourth-order valence-corrected chi connectivity index (χ4v) is 8.19. The molecule has 8 atom stereocenters. The van der Waals surface area contributed by atoms with Crippen LogP contribution < -0.4 is 0 Å². The molecule has 0 heterocycles. The fourth-order valence-electron chi connectivity index (χ4n) is 8.19. The molecular weight excluding hydrogens is 388 g/mol. The third-order valence-corrected chi connectivity index (χ3v) is 9.92. The van der Waals surface area contributed by atoms with Crippen molar-refractivity contribution in [3.05, 3.63) is 11.6 Å². The largest absolute Gasteiger partial charge is 0.463 e. The lowest BCUT2D eigenvalue weighted by Crippen LogP contribution is -2.52. The Bertz CT molecular complexity index is 797. The first-order valence-corrected chi connectivity index (χ1v) is 12.5. The summed E-state index contributed by atoms with van der Waals surface area (Å²) in [4.78, 5) is 36.7. The molecule has 0 N–H and O–H groups in total. The predicted octanol–water partition coefficient (Wildman–Crippen LogP) is 5.68. The van der Waals surface area contributed by atoms with Crippen LogP contribution in [-0.4, -0.2) is 23.6 Å². The minimum absolute atomic E-state index is 0.0373. The highest BCUT2D eigenvalue weighted by Crippen LogP contribution is 2.65. The van der Waals surface area contributed by atoms with Gasteiger partial charge in [-0.15, -0.1) is 0 Å². The standard InChI is InChI=1S/C27H40O4/c1-16(6-7-17(2)28)22-10-11-23-21-9-8-19-14-20(31-18(3)29)12-13-26(19,4)24(21)15-25(30)27(22,23)5/h15-16,19-23H,6-14H2,1-5H3. The van der Waals surface area contributed by atoms with Gasteiger partial charge in [-0.1, -0.05) is 26.3 Å². The molecule has 0 amide bonds. The van der Waals surface area contributed by atoms with E-state index in [9.17, 15) is 14.4 Å². The number of rotatable bonds is 5. The molecule has 0 aliphatic heterocycles. The van der Waals surface area contributed by atoms with Crippen LogP contribution in [0.25, 0.3) is 0 Å². The Morgan fingerprint density at radius 1 is 1.13 bits per heavy atom. The van der Waals surface area contributed by atoms with Crippen LogP contribution in [0.2, 0.25) is 0 Å². The Balaban J connectivity index is 1.58. The highest BCUT2D eigenvalue weighted by atomic mass is 16.5. The molecule has 4 aliphatic rings. The number of allylic oxidation sites excluding steroid dienone is 2. The molecule has 31 heavy (non-hydrogen) atoms. The van der Waals surface area contributed by atoms with Crippen LogP contribution >= 0.6 is 0 Å². The van der Waals surface area contributed by atoms with Crippen LogP contribution in [0.4, 0.5) is 0 Å². The summed E-state index contributed by atoms with van der Waals surface area (Å²) in [5, 5.41) is 0. The third kappa shape index (κ3) is 3.72. The van der Waals surface area contributed by atoms with Gasteiger partial charge in [-0.25, -0.2) is 0 Å². The summed E-state index contributed by atoms with van der Waals surface area (Å²) < 4.78 is 5.56. The quantitative estimate of drug-likeness (QED) is 0.529. The van der Waals surface area contributed by atoms with Crippen molar-refractivity contribution in [2.75, 3.05) is 0 Å². The van der Waals surface area contributed by atoms with E-state index in [1.54, 1.807) is 6.92 Å². The second-order valence-electron chi connectivity index (χ2n) is 11.6. The minimum Gasteiger partial charge on any atom is -0.463 e. The van der Waals surface area contributed by atoms with Gasteiger partial charge in [-0.05, 0) is 99.4 Å². The molecule has 4 aliphatic carbocycles. The van der Waals surface area contributed by atoms with Crippen molar-refractivity contribution in [2.45, 2.75) is 98.5 Å². The second kappa shape index (κ2) is 8.15. The molecule has 0 saturated heterocycles. The minimum atomic E-state index is -0.275. The summed E-state index contributed by atoms with van der Waals surface area (Å²) in [5.41, 5.74) is 1.20. The summed E-state index contributed by atoms with van der Waals surface area (Å²) in [5.74, 6) is 2.64. The normalized spacial score (nSPS) is 42.7. The number of esters is 1. The zero-order valence-electron chi connectivity index (χ0n) is 20.0. The summed E-state index contributed by atoms with van der Waals surface area (Å²) in [7, 11) is 0. The van der Waals surface area contributed by atoms with Crippen molar-refractivity contribution in [2.24, 2.45) is 40.4 Å². The summed E-state index contributed by atoms with van der Waals surface area (Å²) >= 11 is 0. The first kappa shape index (κ1) is 22.7. The lowest BCUT2D eigenvalue weighted by Gasteiger charge is -2.56. The van der Waals surface area contributed by atoms with Crippen molar-refractivity contribution >= 4 is 17.5 Å². The molecule has 172 valence electrons. The van der Waals surface area contributed by atoms with Gasteiger partial charge >= 0.3 is 5.97 Å². The van der Waals surface area contributed by atoms with E-state index in [1.807, 2.05) is 0 Å². The number of carbonyl (C=O) groups is 3. The molecule has 0 aromatic heterocycles. The van der Waals surface area contributed by atoms with Crippen LogP contribution in [0.1, 0.15) is 92.4 Å². The predicted molar refractivity (Wildman–Crippen MR) is 120 cm³/mol. The zero-order chi connectivity index (χ0) is 22.6. The first-order chi connectivity index (χ1) is 14.6. The van der Waals surface area contributed by atoms with Gasteiger partial charge in [-0.2, -0.15) is 0 Å². The third-order valence-electron chi connectivity index (χ3n) is 9.92. The van der Waals surface area contributed by atoms with E-state index in [4.69, 9.17) is 4.74 Å². The maximum Gasteiger partial charge on any atom is 0.302 e. The molecule has 4 rings (SSSR count). The number of ether oxygens (including phenoxy) is 1. The first-order valence-electron chi connectivity index (χ1n) is 12.5. The van der Waals surface area contributed by atoms with Gasteiger partial charge in [-0.3, -0.25) is 9.59 Å². The number of hydrogen-bond donors (Lipinski definition) is 0. The summed E-state index contributed by atoms with van der Waals surface area (Å²) in [6.45, 7) is 10.0. The van der Waals surface area contributed by atoms with Crippen LogP contribution in [0.5, 0.6) is 0 Å². The maximum absolute atomic E-state index is 13.7. The van der Waals surface area contributed by atoms with E-state index >= 15 is 0 Å². The zero-order valence-corrected chi connectivity index (χ0v) is 20.0. The number of carbonyl (C=O) groups excluding carboxylic acids is 3. The molecule has 8 unspecified atom stereocenters. The Morgan fingerprint density at radius 2 is 1.87 bits per heavy atom. The van der Waals surface area contributed by atoms with Crippen molar-refractivity contribution in [3.8, 4) is 0 Å². The Morgan fingerprint density at radius 3 is 2.55 bits per heavy atom. The van der Waals surface area contributed by atoms with Gasteiger partial charge in [0.05, 0.1) is 0 Å². The second-order valence-corrected chi connectivity index (χ2v) is 11.6. The van der Waals surface area contributed by atoms with Crippen LogP contribution in [0.15, 0.2) is 11.6 Å². The van der Waals surface area contributed by atoms with Gasteiger partial charge in [0.1, 0.15) is 11.9 Å². The molecule has 0 spiro atoms. The van der Waals surface area contributed by atoms with E-state index in [0.29, 0.717) is 41.8 Å². The van der Waals surface area contributed by atoms with E-state index in [1.165, 1.54) is 18.9 Å². The van der Waals surface area contributed by atoms with Gasteiger partial charge in [0, 0.05) is 18.8 Å². The Kier molecular flexibility index (Phi) is 5.98. The molecule has 4 heteroatoms. The van der Waals surface area contributed by atoms with Gasteiger partial charge in [0.25, 0.3) is 0 Å². The summed E-state index contributed by atoms with van der Waals surface area (Å²) in [6, 6.07) is 0. The number of ketones is 2. The smallest absolute Gasteiger partial charge is 0.302 e. The summed E-state index contributed by atoms with van der Waals surface area (Å²) in [6.07, 6.45) is 11.0. The van der Waals surface area contributed by atoms with Crippen molar-refractivity contribution in [3.63, 3.8) is 0 Å². The fraction of sp³-hybridized carbons (Fsp3) is 0.815. The average molecular weight is 429 g/mol. The van der Waals surface area contributed by atoms with Crippen LogP contribution in [0.3, 0.4) is 0 Å².